The van der Waals surface area contributed by atoms with Crippen LogP contribution in [0.4, 0.5) is 4.39 Å². The van der Waals surface area contributed by atoms with Gasteiger partial charge in [-0.2, -0.15) is 0 Å². The number of hydrogen-bond acceptors (Lipinski definition) is 6. The van der Waals surface area contributed by atoms with Gasteiger partial charge in [0.2, 0.25) is 11.8 Å². The number of hydrogen-bond donors (Lipinski definition) is 4. The van der Waals surface area contributed by atoms with E-state index in [2.05, 4.69) is 21.9 Å². The summed E-state index contributed by atoms with van der Waals surface area (Å²) in [7, 11) is 1.59. The number of nitrogens with one attached hydrogen (secondary N) is 3. The van der Waals surface area contributed by atoms with Crippen LogP contribution in [0.2, 0.25) is 0 Å². The molecule has 4 N–H and O–H groups in total. The molecule has 1 heterocycles. The second-order valence-electron chi connectivity index (χ2n) is 10.7. The summed E-state index contributed by atoms with van der Waals surface area (Å²) in [6.45, 7) is 1.33. The summed E-state index contributed by atoms with van der Waals surface area (Å²) in [6, 6.07) is 11.5. The van der Waals surface area contributed by atoms with E-state index in [1.54, 1.807) is 13.2 Å². The smallest absolute Gasteiger partial charge is 0.220 e. The standard InChI is InChI=1S/C31H38FN3O5/c1-3-21-5-4-6-24(13-21)31(10-11-31)34-18-28(36)27-16-23-14-25(32)17-26(15-23)40-20-22(19-39-2)9-12-33-29(37)7-8-30(38)35-27/h1,4-6,13-15,17,22,27-28,34,36H,7-12,16,18-20H2,2H3,(H,33,37)(H,35,38)/t22?,27-,28+/m0/s1. The third-order valence-electron chi connectivity index (χ3n) is 7.52. The number of aliphatic hydroxyl groups is 1. The third-order valence-corrected chi connectivity index (χ3v) is 7.52. The molecule has 2 aromatic rings. The third kappa shape index (κ3) is 8.28. The number of carbonyl (C=O) groups is 2. The molecule has 0 aromatic heterocycles. The molecule has 1 fully saturated rings. The van der Waals surface area contributed by atoms with Crippen molar-refractivity contribution in [3.8, 4) is 18.1 Å². The van der Waals surface area contributed by atoms with Crippen LogP contribution >= 0.6 is 0 Å². The SMILES string of the molecule is C#Cc1cccc(C2(NC[C@@H](O)[C@@H]3Cc4cc(F)cc(c4)OCC(COC)CCNC(=O)CCC(=O)N3)CC2)c1. The highest BCUT2D eigenvalue weighted by Crippen LogP contribution is 2.45. The van der Waals surface area contributed by atoms with Crippen LogP contribution in [-0.2, 0) is 26.3 Å². The topological polar surface area (TPSA) is 109 Å². The Balaban J connectivity index is 1.51. The van der Waals surface area contributed by atoms with E-state index >= 15 is 0 Å². The summed E-state index contributed by atoms with van der Waals surface area (Å²) in [5.41, 5.74) is 2.14. The van der Waals surface area contributed by atoms with E-state index in [9.17, 15) is 19.1 Å². The van der Waals surface area contributed by atoms with Crippen molar-refractivity contribution in [3.63, 3.8) is 0 Å². The zero-order valence-corrected chi connectivity index (χ0v) is 22.9. The van der Waals surface area contributed by atoms with Gasteiger partial charge in [0.1, 0.15) is 11.6 Å². The largest absolute Gasteiger partial charge is 0.493 e. The summed E-state index contributed by atoms with van der Waals surface area (Å²) >= 11 is 0. The molecule has 40 heavy (non-hydrogen) atoms. The van der Waals surface area contributed by atoms with Crippen LogP contribution in [0.15, 0.2) is 42.5 Å². The number of aliphatic hydroxyl groups excluding tert-OH is 1. The van der Waals surface area contributed by atoms with Gasteiger partial charge in [0.15, 0.2) is 0 Å². The zero-order chi connectivity index (χ0) is 28.5. The maximum atomic E-state index is 14.6. The molecule has 3 atom stereocenters. The summed E-state index contributed by atoms with van der Waals surface area (Å²) in [6.07, 6.45) is 7.18. The van der Waals surface area contributed by atoms with Crippen molar-refractivity contribution in [2.24, 2.45) is 5.92 Å². The van der Waals surface area contributed by atoms with Crippen LogP contribution in [-0.4, -0.2) is 62.5 Å². The van der Waals surface area contributed by atoms with E-state index in [0.29, 0.717) is 37.5 Å². The molecule has 1 aliphatic carbocycles. The van der Waals surface area contributed by atoms with E-state index in [1.165, 1.54) is 12.1 Å². The van der Waals surface area contributed by atoms with E-state index < -0.39 is 18.0 Å². The van der Waals surface area contributed by atoms with Gasteiger partial charge in [0.05, 0.1) is 25.4 Å². The fourth-order valence-corrected chi connectivity index (χ4v) is 5.08. The summed E-state index contributed by atoms with van der Waals surface area (Å²) in [5, 5.41) is 20.4. The Hall–Kier alpha value is -3.45. The molecule has 2 aliphatic rings. The summed E-state index contributed by atoms with van der Waals surface area (Å²) < 4.78 is 25.7. The van der Waals surface area contributed by atoms with Crippen molar-refractivity contribution in [1.82, 2.24) is 16.0 Å². The van der Waals surface area contributed by atoms with Gasteiger partial charge < -0.3 is 30.5 Å². The first-order valence-electron chi connectivity index (χ1n) is 13.8. The molecule has 8 nitrogen and oxygen atoms in total. The lowest BCUT2D eigenvalue weighted by Gasteiger charge is -2.27. The van der Waals surface area contributed by atoms with Crippen molar-refractivity contribution < 1.29 is 28.6 Å². The summed E-state index contributed by atoms with van der Waals surface area (Å²) in [5.74, 6) is 1.95. The molecule has 0 saturated heterocycles. The molecule has 0 spiro atoms. The minimum atomic E-state index is -0.983. The molecule has 2 amide bonds. The number of halogens is 1. The first-order valence-corrected chi connectivity index (χ1v) is 13.8. The molecule has 1 saturated carbocycles. The lowest BCUT2D eigenvalue weighted by atomic mass is 9.98. The van der Waals surface area contributed by atoms with Gasteiger partial charge in [0, 0.05) is 56.1 Å². The predicted molar refractivity (Wildman–Crippen MR) is 149 cm³/mol. The average molecular weight is 552 g/mol. The minimum Gasteiger partial charge on any atom is -0.493 e. The number of terminal acetylenes is 1. The molecule has 4 rings (SSSR count). The molecule has 9 heteroatoms. The van der Waals surface area contributed by atoms with Crippen molar-refractivity contribution in [2.45, 2.75) is 56.2 Å². The first kappa shape index (κ1) is 29.5. The zero-order valence-electron chi connectivity index (χ0n) is 22.9. The molecule has 2 aromatic carbocycles. The molecule has 2 bridgehead atoms. The number of benzene rings is 2. The molecule has 0 radical (unpaired) electrons. The Morgan fingerprint density at radius 1 is 1.23 bits per heavy atom. The molecular weight excluding hydrogens is 513 g/mol. The van der Waals surface area contributed by atoms with Crippen molar-refractivity contribution in [3.05, 3.63) is 65.0 Å². The maximum absolute atomic E-state index is 14.6. The van der Waals surface area contributed by atoms with Gasteiger partial charge in [-0.25, -0.2) is 4.39 Å². The van der Waals surface area contributed by atoms with Gasteiger partial charge in [-0.1, -0.05) is 18.1 Å². The van der Waals surface area contributed by atoms with Gasteiger partial charge >= 0.3 is 0 Å². The fraction of sp³-hybridized carbons (Fsp3) is 0.484. The number of fused-ring (bicyclic) bond motifs is 2. The van der Waals surface area contributed by atoms with Gasteiger partial charge in [-0.15, -0.1) is 6.42 Å². The van der Waals surface area contributed by atoms with Crippen LogP contribution in [0.3, 0.4) is 0 Å². The summed E-state index contributed by atoms with van der Waals surface area (Å²) in [4.78, 5) is 25.1. The van der Waals surface area contributed by atoms with Gasteiger partial charge in [-0.05, 0) is 61.1 Å². The Morgan fingerprint density at radius 2 is 2.02 bits per heavy atom. The highest BCUT2D eigenvalue weighted by atomic mass is 19.1. The number of ether oxygens (including phenoxy) is 2. The number of carbonyl (C=O) groups excluding carboxylic acids is 2. The minimum absolute atomic E-state index is 0.00932. The lowest BCUT2D eigenvalue weighted by Crippen LogP contribution is -2.50. The maximum Gasteiger partial charge on any atom is 0.220 e. The van der Waals surface area contributed by atoms with Crippen molar-refractivity contribution in [1.29, 1.82) is 0 Å². The Labute approximate surface area is 235 Å². The van der Waals surface area contributed by atoms with Crippen LogP contribution < -0.4 is 20.7 Å². The van der Waals surface area contributed by atoms with Crippen LogP contribution in [0, 0.1) is 24.1 Å². The first-order chi connectivity index (χ1) is 19.3. The molecule has 1 aliphatic heterocycles. The van der Waals surface area contributed by atoms with Gasteiger partial charge in [0.25, 0.3) is 0 Å². The second-order valence-corrected chi connectivity index (χ2v) is 10.7. The second kappa shape index (κ2) is 13.8. The Morgan fingerprint density at radius 3 is 2.77 bits per heavy atom. The lowest BCUT2D eigenvalue weighted by molar-refractivity contribution is -0.127. The van der Waals surface area contributed by atoms with E-state index in [0.717, 1.165) is 24.0 Å². The van der Waals surface area contributed by atoms with Crippen molar-refractivity contribution in [2.75, 3.05) is 33.4 Å². The average Bonchev–Trinajstić information content (AvgIpc) is 3.74. The quantitative estimate of drug-likeness (QED) is 0.394. The fourth-order valence-electron chi connectivity index (χ4n) is 5.08. The highest BCUT2D eigenvalue weighted by molar-refractivity contribution is 5.83. The normalized spacial score (nSPS) is 22.2. The van der Waals surface area contributed by atoms with Crippen LogP contribution in [0.1, 0.15) is 48.8 Å². The monoisotopic (exact) mass is 551 g/mol. The van der Waals surface area contributed by atoms with Crippen LogP contribution in [0.25, 0.3) is 0 Å². The van der Waals surface area contributed by atoms with Gasteiger partial charge in [-0.3, -0.25) is 9.59 Å². The Bertz CT molecular complexity index is 1230. The number of methoxy groups -OCH3 is 1. The molecule has 1 unspecified atom stereocenters. The van der Waals surface area contributed by atoms with E-state index in [-0.39, 0.29) is 49.1 Å². The highest BCUT2D eigenvalue weighted by Gasteiger charge is 2.44. The van der Waals surface area contributed by atoms with Crippen LogP contribution in [0.5, 0.6) is 5.75 Å². The predicted octanol–water partition coefficient (Wildman–Crippen LogP) is 2.42. The van der Waals surface area contributed by atoms with E-state index in [4.69, 9.17) is 15.9 Å². The van der Waals surface area contributed by atoms with E-state index in [1.807, 2.05) is 24.3 Å². The molecule has 214 valence electrons. The number of rotatable bonds is 7. The molecular formula is C31H38FN3O5. The number of amides is 2. The van der Waals surface area contributed by atoms with Crippen molar-refractivity contribution >= 4 is 11.8 Å². The Kier molecular flexibility index (Phi) is 10.2.